The van der Waals surface area contributed by atoms with Crippen molar-refractivity contribution in [2.45, 2.75) is 0 Å². The van der Waals surface area contributed by atoms with Gasteiger partial charge in [-0.05, 0) is 28.5 Å². The van der Waals surface area contributed by atoms with E-state index in [1.165, 1.54) is 0 Å². The Morgan fingerprint density at radius 2 is 2.20 bits per heavy atom. The molecule has 0 radical (unpaired) electrons. The summed E-state index contributed by atoms with van der Waals surface area (Å²) in [5, 5.41) is 10.7. The van der Waals surface area contributed by atoms with Gasteiger partial charge in [-0.15, -0.1) is 0 Å². The maximum absolute atomic E-state index is 12.0. The van der Waals surface area contributed by atoms with Crippen molar-refractivity contribution < 1.29 is 9.42 Å². The molecule has 2 aromatic heterocycles. The van der Waals surface area contributed by atoms with Crippen molar-refractivity contribution >= 4 is 39.9 Å². The summed E-state index contributed by atoms with van der Waals surface area (Å²) in [5.41, 5.74) is 6.45. The lowest BCUT2D eigenvalue weighted by Gasteiger charge is -2.07. The summed E-state index contributed by atoms with van der Waals surface area (Å²) in [5.74, 6) is -0.625. The van der Waals surface area contributed by atoms with Gasteiger partial charge in [-0.3, -0.25) is 9.78 Å². The van der Waals surface area contributed by atoms with E-state index in [9.17, 15) is 4.79 Å². The summed E-state index contributed by atoms with van der Waals surface area (Å²) in [6.07, 6.45) is 1.62. The van der Waals surface area contributed by atoms with Gasteiger partial charge >= 0.3 is 0 Å². The van der Waals surface area contributed by atoms with E-state index in [-0.39, 0.29) is 11.5 Å². The van der Waals surface area contributed by atoms with E-state index in [0.717, 1.165) is 5.39 Å². The van der Waals surface area contributed by atoms with E-state index in [2.05, 4.69) is 25.2 Å². The SMILES string of the molecule is Nc1nonc1C(=O)Nc1cc(Cl)cc2cccnc12. The molecule has 8 heteroatoms. The van der Waals surface area contributed by atoms with Crippen LogP contribution in [0.5, 0.6) is 0 Å². The van der Waals surface area contributed by atoms with E-state index in [1.807, 2.05) is 6.07 Å². The van der Waals surface area contributed by atoms with E-state index in [0.29, 0.717) is 16.2 Å². The minimum atomic E-state index is -0.544. The molecule has 0 aliphatic rings. The number of nitrogens with one attached hydrogen (secondary N) is 1. The second-order valence-corrected chi connectivity index (χ2v) is 4.42. The zero-order chi connectivity index (χ0) is 14.1. The number of carbonyl (C=O) groups is 1. The number of amides is 1. The van der Waals surface area contributed by atoms with Crippen LogP contribution in [0.4, 0.5) is 11.5 Å². The molecule has 3 aromatic rings. The van der Waals surface area contributed by atoms with Crippen molar-refractivity contribution in [2.24, 2.45) is 0 Å². The molecule has 3 rings (SSSR count). The highest BCUT2D eigenvalue weighted by molar-refractivity contribution is 6.32. The molecule has 7 nitrogen and oxygen atoms in total. The predicted molar refractivity (Wildman–Crippen MR) is 73.4 cm³/mol. The maximum atomic E-state index is 12.0. The number of nitrogens with two attached hydrogens (primary N) is 1. The van der Waals surface area contributed by atoms with Crippen molar-refractivity contribution in [1.29, 1.82) is 0 Å². The van der Waals surface area contributed by atoms with Gasteiger partial charge in [0.25, 0.3) is 5.91 Å². The van der Waals surface area contributed by atoms with E-state index >= 15 is 0 Å². The van der Waals surface area contributed by atoms with Gasteiger partial charge in [-0.2, -0.15) is 0 Å². The lowest BCUT2D eigenvalue weighted by Crippen LogP contribution is -2.14. The Balaban J connectivity index is 2.03. The van der Waals surface area contributed by atoms with Crippen LogP contribution in [-0.2, 0) is 0 Å². The third-order valence-corrected chi connectivity index (χ3v) is 2.87. The van der Waals surface area contributed by atoms with Gasteiger partial charge in [0.2, 0.25) is 11.5 Å². The average Bonchev–Trinajstić information content (AvgIpc) is 2.85. The maximum Gasteiger partial charge on any atom is 0.281 e. The fourth-order valence-corrected chi connectivity index (χ4v) is 2.01. The minimum absolute atomic E-state index is 0.0817. The third-order valence-electron chi connectivity index (χ3n) is 2.65. The van der Waals surface area contributed by atoms with E-state index in [1.54, 1.807) is 24.4 Å². The molecular weight excluding hydrogens is 282 g/mol. The molecule has 0 saturated heterocycles. The summed E-state index contributed by atoms with van der Waals surface area (Å²) in [6, 6.07) is 6.98. The number of hydrogen-bond donors (Lipinski definition) is 2. The molecule has 0 saturated carbocycles. The Morgan fingerprint density at radius 3 is 2.95 bits per heavy atom. The first kappa shape index (κ1) is 12.4. The zero-order valence-corrected chi connectivity index (χ0v) is 10.8. The van der Waals surface area contributed by atoms with E-state index in [4.69, 9.17) is 17.3 Å². The number of halogens is 1. The number of pyridine rings is 1. The molecular formula is C12H8ClN5O2. The van der Waals surface area contributed by atoms with Crippen LogP contribution in [0.25, 0.3) is 10.9 Å². The average molecular weight is 290 g/mol. The molecule has 1 amide bonds. The van der Waals surface area contributed by atoms with Crippen LogP contribution in [0.2, 0.25) is 5.02 Å². The Morgan fingerprint density at radius 1 is 1.35 bits per heavy atom. The summed E-state index contributed by atoms with van der Waals surface area (Å²) in [7, 11) is 0. The molecule has 3 N–H and O–H groups in total. The molecule has 100 valence electrons. The Kier molecular flexibility index (Phi) is 2.96. The van der Waals surface area contributed by atoms with Gasteiger partial charge in [-0.25, -0.2) is 4.63 Å². The number of fused-ring (bicyclic) bond motifs is 1. The first-order chi connectivity index (χ1) is 9.65. The fourth-order valence-electron chi connectivity index (χ4n) is 1.79. The quantitative estimate of drug-likeness (QED) is 0.748. The van der Waals surface area contributed by atoms with Gasteiger partial charge in [0.15, 0.2) is 0 Å². The predicted octanol–water partition coefficient (Wildman–Crippen LogP) is 2.11. The molecule has 0 fully saturated rings. The normalized spacial score (nSPS) is 10.7. The first-order valence-corrected chi connectivity index (χ1v) is 5.96. The Hall–Kier alpha value is -2.67. The van der Waals surface area contributed by atoms with Gasteiger partial charge in [0.1, 0.15) is 0 Å². The molecule has 2 heterocycles. The number of anilines is 2. The molecule has 0 spiro atoms. The lowest BCUT2D eigenvalue weighted by atomic mass is 10.2. The summed E-state index contributed by atoms with van der Waals surface area (Å²) in [6.45, 7) is 0. The number of rotatable bonds is 2. The van der Waals surface area contributed by atoms with Crippen LogP contribution in [-0.4, -0.2) is 21.2 Å². The third kappa shape index (κ3) is 2.14. The largest absolute Gasteiger partial charge is 0.379 e. The van der Waals surface area contributed by atoms with Crippen LogP contribution < -0.4 is 11.1 Å². The second-order valence-electron chi connectivity index (χ2n) is 3.98. The molecule has 0 unspecified atom stereocenters. The fraction of sp³-hybridized carbons (Fsp3) is 0. The van der Waals surface area contributed by atoms with Crippen molar-refractivity contribution in [3.63, 3.8) is 0 Å². The monoisotopic (exact) mass is 289 g/mol. The number of aromatic nitrogens is 3. The highest BCUT2D eigenvalue weighted by Crippen LogP contribution is 2.26. The molecule has 0 aliphatic heterocycles. The van der Waals surface area contributed by atoms with E-state index < -0.39 is 5.91 Å². The van der Waals surface area contributed by atoms with Crippen LogP contribution in [0.15, 0.2) is 35.1 Å². The smallest absolute Gasteiger partial charge is 0.281 e. The lowest BCUT2D eigenvalue weighted by molar-refractivity contribution is 0.101. The van der Waals surface area contributed by atoms with Gasteiger partial charge in [-0.1, -0.05) is 17.7 Å². The number of nitrogen functional groups attached to an aromatic ring is 1. The van der Waals surface area contributed by atoms with Crippen molar-refractivity contribution in [1.82, 2.24) is 15.3 Å². The van der Waals surface area contributed by atoms with Gasteiger partial charge in [0, 0.05) is 16.6 Å². The molecule has 0 bridgehead atoms. The Labute approximate surface area is 117 Å². The second kappa shape index (κ2) is 4.78. The van der Waals surface area contributed by atoms with Crippen LogP contribution >= 0.6 is 11.6 Å². The molecule has 20 heavy (non-hydrogen) atoms. The summed E-state index contributed by atoms with van der Waals surface area (Å²) < 4.78 is 4.39. The van der Waals surface area contributed by atoms with Crippen LogP contribution in [0.3, 0.4) is 0 Å². The van der Waals surface area contributed by atoms with Crippen LogP contribution in [0.1, 0.15) is 10.5 Å². The number of hydrogen-bond acceptors (Lipinski definition) is 6. The molecule has 1 aromatic carbocycles. The minimum Gasteiger partial charge on any atom is -0.379 e. The number of carbonyl (C=O) groups excluding carboxylic acids is 1. The highest BCUT2D eigenvalue weighted by atomic mass is 35.5. The van der Waals surface area contributed by atoms with Crippen molar-refractivity contribution in [3.05, 3.63) is 41.2 Å². The Bertz CT molecular complexity index is 801. The van der Waals surface area contributed by atoms with Gasteiger partial charge in [0.05, 0.1) is 11.2 Å². The van der Waals surface area contributed by atoms with Gasteiger partial charge < -0.3 is 11.1 Å². The van der Waals surface area contributed by atoms with Crippen molar-refractivity contribution in [2.75, 3.05) is 11.1 Å². The summed E-state index contributed by atoms with van der Waals surface area (Å²) in [4.78, 5) is 16.2. The van der Waals surface area contributed by atoms with Crippen molar-refractivity contribution in [3.8, 4) is 0 Å². The zero-order valence-electron chi connectivity index (χ0n) is 10.0. The summed E-state index contributed by atoms with van der Waals surface area (Å²) >= 11 is 6.01. The molecule has 0 aliphatic carbocycles. The molecule has 0 atom stereocenters. The topological polar surface area (TPSA) is 107 Å². The highest BCUT2D eigenvalue weighted by Gasteiger charge is 2.17. The number of benzene rings is 1. The standard InChI is InChI=1S/C12H8ClN5O2/c13-7-4-6-2-1-3-15-9(6)8(5-7)16-12(19)10-11(14)18-20-17-10/h1-5H,(H2,14,18)(H,16,19). The number of nitrogens with zero attached hydrogens (tertiary/aromatic N) is 3. The first-order valence-electron chi connectivity index (χ1n) is 5.59. The van der Waals surface area contributed by atoms with Crippen LogP contribution in [0, 0.1) is 0 Å².